The summed E-state index contributed by atoms with van der Waals surface area (Å²) in [4.78, 5) is 41.2. The number of benzene rings is 1. The van der Waals surface area contributed by atoms with Crippen molar-refractivity contribution in [2.45, 2.75) is 39.3 Å². The summed E-state index contributed by atoms with van der Waals surface area (Å²) in [5, 5.41) is 5.47. The summed E-state index contributed by atoms with van der Waals surface area (Å²) in [6, 6.07) is 4.39. The first-order valence-corrected chi connectivity index (χ1v) is 11.0. The van der Waals surface area contributed by atoms with Crippen LogP contribution in [0.4, 0.5) is 14.0 Å². The summed E-state index contributed by atoms with van der Waals surface area (Å²) >= 11 is 0. The van der Waals surface area contributed by atoms with Crippen LogP contribution in [-0.4, -0.2) is 72.8 Å². The van der Waals surface area contributed by atoms with Gasteiger partial charge in [-0.15, -0.1) is 0 Å². The summed E-state index contributed by atoms with van der Waals surface area (Å²) in [5.41, 5.74) is 0.707. The Morgan fingerprint density at radius 2 is 1.76 bits per heavy atom. The molecule has 0 aromatic heterocycles. The second-order valence-corrected chi connectivity index (χ2v) is 8.94. The number of halogens is 1. The third-order valence-electron chi connectivity index (χ3n) is 5.26. The van der Waals surface area contributed by atoms with Crippen LogP contribution >= 0.6 is 0 Å². The topological polar surface area (TPSA) is 100 Å². The summed E-state index contributed by atoms with van der Waals surface area (Å²) in [7, 11) is 0. The number of esters is 1. The Labute approximate surface area is 192 Å². The number of piperazine rings is 1. The molecule has 0 aliphatic carbocycles. The predicted octanol–water partition coefficient (Wildman–Crippen LogP) is 2.55. The van der Waals surface area contributed by atoms with Crippen molar-refractivity contribution >= 4 is 18.1 Å². The van der Waals surface area contributed by atoms with E-state index in [2.05, 4.69) is 10.6 Å². The predicted molar refractivity (Wildman–Crippen MR) is 119 cm³/mol. The highest BCUT2D eigenvalue weighted by molar-refractivity contribution is 5.95. The maximum Gasteiger partial charge on any atom is 0.410 e. The molecule has 3 amide bonds. The lowest BCUT2D eigenvalue weighted by Crippen LogP contribution is -2.53. The molecule has 2 heterocycles. The van der Waals surface area contributed by atoms with Gasteiger partial charge in [0.05, 0.1) is 18.2 Å². The molecule has 0 saturated carbocycles. The Kier molecular flexibility index (Phi) is 7.57. The minimum atomic E-state index is -0.767. The van der Waals surface area contributed by atoms with Crippen LogP contribution < -0.4 is 10.6 Å². The molecule has 10 heteroatoms. The fourth-order valence-electron chi connectivity index (χ4n) is 3.74. The van der Waals surface area contributed by atoms with E-state index < -0.39 is 29.5 Å². The zero-order chi connectivity index (χ0) is 24.2. The van der Waals surface area contributed by atoms with E-state index in [1.807, 2.05) is 25.7 Å². The molecular weight excluding hydrogens is 431 g/mol. The number of amides is 3. The van der Waals surface area contributed by atoms with Gasteiger partial charge in [-0.3, -0.25) is 4.90 Å². The van der Waals surface area contributed by atoms with Gasteiger partial charge in [-0.1, -0.05) is 12.1 Å². The van der Waals surface area contributed by atoms with E-state index in [4.69, 9.17) is 9.47 Å². The monoisotopic (exact) mass is 462 g/mol. The molecule has 1 atom stereocenters. The van der Waals surface area contributed by atoms with E-state index in [1.54, 1.807) is 11.8 Å². The first-order chi connectivity index (χ1) is 15.6. The Hall–Kier alpha value is -3.14. The van der Waals surface area contributed by atoms with E-state index in [9.17, 15) is 18.8 Å². The molecule has 33 heavy (non-hydrogen) atoms. The van der Waals surface area contributed by atoms with Crippen LogP contribution in [0.5, 0.6) is 0 Å². The fraction of sp³-hybridized carbons (Fsp3) is 0.522. The summed E-state index contributed by atoms with van der Waals surface area (Å²) < 4.78 is 24.1. The standard InChI is InChI=1S/C23H31FN4O5/c1-5-32-20(29)18-17(25-21(30)26-19(18)15-6-8-16(24)9-7-15)14-27-10-12-28(13-11-27)22(31)33-23(2,3)4/h6-9,19H,5,10-14H2,1-4H3,(H2,25,26,30)/t19-/m1/s1. The van der Waals surface area contributed by atoms with Crippen LogP contribution in [0.25, 0.3) is 0 Å². The number of urea groups is 1. The van der Waals surface area contributed by atoms with Crippen LogP contribution in [0, 0.1) is 5.82 Å². The number of hydrogen-bond acceptors (Lipinski definition) is 6. The molecule has 1 aromatic carbocycles. The number of ether oxygens (including phenoxy) is 2. The largest absolute Gasteiger partial charge is 0.463 e. The van der Waals surface area contributed by atoms with Crippen molar-refractivity contribution in [3.05, 3.63) is 46.9 Å². The Bertz CT molecular complexity index is 918. The molecule has 9 nitrogen and oxygen atoms in total. The lowest BCUT2D eigenvalue weighted by atomic mass is 9.95. The highest BCUT2D eigenvalue weighted by atomic mass is 19.1. The Morgan fingerprint density at radius 1 is 1.12 bits per heavy atom. The molecule has 2 aliphatic heterocycles. The van der Waals surface area contributed by atoms with Gasteiger partial charge in [-0.25, -0.2) is 18.8 Å². The molecule has 180 valence electrons. The third-order valence-corrected chi connectivity index (χ3v) is 5.26. The van der Waals surface area contributed by atoms with Crippen LogP contribution in [-0.2, 0) is 14.3 Å². The average molecular weight is 463 g/mol. The second kappa shape index (κ2) is 10.2. The Morgan fingerprint density at radius 3 is 2.33 bits per heavy atom. The van der Waals surface area contributed by atoms with Crippen molar-refractivity contribution in [1.82, 2.24) is 20.4 Å². The van der Waals surface area contributed by atoms with Gasteiger partial charge in [0, 0.05) is 38.4 Å². The highest BCUT2D eigenvalue weighted by Gasteiger charge is 2.35. The van der Waals surface area contributed by atoms with Crippen LogP contribution in [0.1, 0.15) is 39.3 Å². The quantitative estimate of drug-likeness (QED) is 0.653. The van der Waals surface area contributed by atoms with Gasteiger partial charge < -0.3 is 25.0 Å². The molecule has 0 spiro atoms. The Balaban J connectivity index is 1.79. The van der Waals surface area contributed by atoms with Gasteiger partial charge >= 0.3 is 18.1 Å². The number of carbonyl (C=O) groups excluding carboxylic acids is 3. The van der Waals surface area contributed by atoms with Crippen LogP contribution in [0.3, 0.4) is 0 Å². The molecular formula is C23H31FN4O5. The number of nitrogens with zero attached hydrogens (tertiary/aromatic N) is 2. The van der Waals surface area contributed by atoms with E-state index >= 15 is 0 Å². The van der Waals surface area contributed by atoms with Gasteiger partial charge in [0.25, 0.3) is 0 Å². The number of hydrogen-bond donors (Lipinski definition) is 2. The minimum Gasteiger partial charge on any atom is -0.463 e. The van der Waals surface area contributed by atoms with E-state index in [0.29, 0.717) is 44.0 Å². The zero-order valence-electron chi connectivity index (χ0n) is 19.4. The number of nitrogens with one attached hydrogen (secondary N) is 2. The van der Waals surface area contributed by atoms with Crippen molar-refractivity contribution in [2.24, 2.45) is 0 Å². The molecule has 1 aromatic rings. The maximum absolute atomic E-state index is 13.4. The highest BCUT2D eigenvalue weighted by Crippen LogP contribution is 2.28. The molecule has 1 saturated heterocycles. The van der Waals surface area contributed by atoms with Crippen LogP contribution in [0.2, 0.25) is 0 Å². The lowest BCUT2D eigenvalue weighted by molar-refractivity contribution is -0.139. The zero-order valence-corrected chi connectivity index (χ0v) is 19.4. The first kappa shape index (κ1) is 24.5. The molecule has 3 rings (SSSR count). The minimum absolute atomic E-state index is 0.175. The average Bonchev–Trinajstić information content (AvgIpc) is 2.73. The van der Waals surface area contributed by atoms with Crippen molar-refractivity contribution < 1.29 is 28.2 Å². The van der Waals surface area contributed by atoms with Gasteiger partial charge in [-0.05, 0) is 45.4 Å². The van der Waals surface area contributed by atoms with Crippen molar-refractivity contribution in [3.63, 3.8) is 0 Å². The molecule has 0 unspecified atom stereocenters. The van der Waals surface area contributed by atoms with Crippen molar-refractivity contribution in [1.29, 1.82) is 0 Å². The fourth-order valence-corrected chi connectivity index (χ4v) is 3.74. The van der Waals surface area contributed by atoms with E-state index in [-0.39, 0.29) is 18.3 Å². The summed E-state index contributed by atoms with van der Waals surface area (Å²) in [6.07, 6.45) is -0.361. The first-order valence-electron chi connectivity index (χ1n) is 11.0. The van der Waals surface area contributed by atoms with Gasteiger partial charge in [0.1, 0.15) is 11.4 Å². The maximum atomic E-state index is 13.4. The van der Waals surface area contributed by atoms with Gasteiger partial charge in [0.2, 0.25) is 0 Å². The smallest absolute Gasteiger partial charge is 0.410 e. The molecule has 0 bridgehead atoms. The summed E-state index contributed by atoms with van der Waals surface area (Å²) in [6.45, 7) is 9.65. The second-order valence-electron chi connectivity index (χ2n) is 8.94. The van der Waals surface area contributed by atoms with Gasteiger partial charge in [0.15, 0.2) is 0 Å². The molecule has 1 fully saturated rings. The number of rotatable bonds is 5. The number of carbonyl (C=O) groups is 3. The van der Waals surface area contributed by atoms with E-state index in [0.717, 1.165) is 0 Å². The molecule has 2 N–H and O–H groups in total. The van der Waals surface area contributed by atoms with Crippen molar-refractivity contribution in [2.75, 3.05) is 39.3 Å². The van der Waals surface area contributed by atoms with Gasteiger partial charge in [-0.2, -0.15) is 0 Å². The SMILES string of the molecule is CCOC(=O)C1=C(CN2CCN(C(=O)OC(C)(C)C)CC2)NC(=O)N[C@@H]1c1ccc(F)cc1. The lowest BCUT2D eigenvalue weighted by Gasteiger charge is -2.37. The molecule has 0 radical (unpaired) electrons. The van der Waals surface area contributed by atoms with Crippen molar-refractivity contribution in [3.8, 4) is 0 Å². The summed E-state index contributed by atoms with van der Waals surface area (Å²) in [5.74, 6) is -0.967. The molecule has 2 aliphatic rings. The normalized spacial score (nSPS) is 19.6. The van der Waals surface area contributed by atoms with Crippen LogP contribution in [0.15, 0.2) is 35.5 Å². The third kappa shape index (κ3) is 6.44. The van der Waals surface area contributed by atoms with E-state index in [1.165, 1.54) is 24.3 Å².